The first-order chi connectivity index (χ1) is 7.66. The van der Waals surface area contributed by atoms with Gasteiger partial charge in [0.15, 0.2) is 5.82 Å². The molecule has 2 aromatic rings. The number of benzene rings is 1. The van der Waals surface area contributed by atoms with Crippen molar-refractivity contribution in [3.8, 4) is 0 Å². The van der Waals surface area contributed by atoms with Crippen LogP contribution in [0.25, 0.3) is 0 Å². The van der Waals surface area contributed by atoms with Gasteiger partial charge in [-0.25, -0.2) is 4.98 Å². The van der Waals surface area contributed by atoms with Crippen LogP contribution in [0.1, 0.15) is 0 Å². The minimum atomic E-state index is 0.602. The van der Waals surface area contributed by atoms with Crippen molar-refractivity contribution >= 4 is 49.1 Å². The van der Waals surface area contributed by atoms with Crippen molar-refractivity contribution in [3.05, 3.63) is 45.5 Å². The van der Waals surface area contributed by atoms with Gasteiger partial charge < -0.3 is 11.1 Å². The summed E-state index contributed by atoms with van der Waals surface area (Å²) >= 11 is 6.77. The standard InChI is InChI=1S/C11H9Br2N3/c12-7-5-9(14)11(15-6-7)16-10-4-2-1-3-8(10)13/h1-6H,14H2,(H,15,16). The van der Waals surface area contributed by atoms with Crippen molar-refractivity contribution in [1.82, 2.24) is 4.98 Å². The highest BCUT2D eigenvalue weighted by Crippen LogP contribution is 2.28. The number of hydrogen-bond donors (Lipinski definition) is 2. The normalized spacial score (nSPS) is 10.1. The Hall–Kier alpha value is -1.07. The molecule has 82 valence electrons. The molecular formula is C11H9Br2N3. The molecule has 2 rings (SSSR count). The van der Waals surface area contributed by atoms with Gasteiger partial charge in [-0.3, -0.25) is 0 Å². The highest BCUT2D eigenvalue weighted by atomic mass is 79.9. The van der Waals surface area contributed by atoms with Crippen LogP contribution in [0, 0.1) is 0 Å². The summed E-state index contributed by atoms with van der Waals surface area (Å²) in [6.07, 6.45) is 1.70. The van der Waals surface area contributed by atoms with Crippen molar-refractivity contribution in [2.45, 2.75) is 0 Å². The maximum absolute atomic E-state index is 5.85. The lowest BCUT2D eigenvalue weighted by Crippen LogP contribution is -1.99. The van der Waals surface area contributed by atoms with Gasteiger partial charge in [0.25, 0.3) is 0 Å². The summed E-state index contributed by atoms with van der Waals surface area (Å²) in [5.41, 5.74) is 7.39. The van der Waals surface area contributed by atoms with Crippen LogP contribution in [0.4, 0.5) is 17.2 Å². The number of hydrogen-bond acceptors (Lipinski definition) is 3. The molecule has 0 saturated heterocycles. The van der Waals surface area contributed by atoms with Gasteiger partial charge in [0, 0.05) is 15.1 Å². The number of anilines is 3. The second-order valence-corrected chi connectivity index (χ2v) is 4.97. The van der Waals surface area contributed by atoms with E-state index in [0.717, 1.165) is 14.6 Å². The topological polar surface area (TPSA) is 50.9 Å². The van der Waals surface area contributed by atoms with Crippen molar-refractivity contribution in [2.24, 2.45) is 0 Å². The molecule has 1 heterocycles. The Labute approximate surface area is 110 Å². The zero-order valence-corrected chi connectivity index (χ0v) is 11.4. The van der Waals surface area contributed by atoms with Gasteiger partial charge in [0.05, 0.1) is 11.4 Å². The number of nitrogens with zero attached hydrogens (tertiary/aromatic N) is 1. The largest absolute Gasteiger partial charge is 0.396 e. The third-order valence-electron chi connectivity index (χ3n) is 2.01. The van der Waals surface area contributed by atoms with Crippen LogP contribution in [0.15, 0.2) is 45.5 Å². The lowest BCUT2D eigenvalue weighted by atomic mass is 10.3. The van der Waals surface area contributed by atoms with Gasteiger partial charge in [-0.05, 0) is 50.1 Å². The molecule has 3 nitrogen and oxygen atoms in total. The minimum Gasteiger partial charge on any atom is -0.396 e. The Kier molecular flexibility index (Phi) is 3.46. The van der Waals surface area contributed by atoms with Crippen LogP contribution in [-0.2, 0) is 0 Å². The molecule has 0 saturated carbocycles. The van der Waals surface area contributed by atoms with Crippen LogP contribution < -0.4 is 11.1 Å². The predicted octanol–water partition coefficient (Wildman–Crippen LogP) is 3.93. The summed E-state index contributed by atoms with van der Waals surface area (Å²) in [5, 5.41) is 3.16. The van der Waals surface area contributed by atoms with Crippen molar-refractivity contribution in [3.63, 3.8) is 0 Å². The molecule has 0 amide bonds. The molecule has 1 aromatic heterocycles. The molecule has 0 aliphatic heterocycles. The number of rotatable bonds is 2. The van der Waals surface area contributed by atoms with Gasteiger partial charge >= 0.3 is 0 Å². The quantitative estimate of drug-likeness (QED) is 0.869. The Bertz CT molecular complexity index is 514. The summed E-state index contributed by atoms with van der Waals surface area (Å²) in [7, 11) is 0. The van der Waals surface area contributed by atoms with Gasteiger partial charge in [-0.2, -0.15) is 0 Å². The summed E-state index contributed by atoms with van der Waals surface area (Å²) in [6.45, 7) is 0. The molecule has 1 aromatic carbocycles. The molecule has 3 N–H and O–H groups in total. The van der Waals surface area contributed by atoms with Crippen LogP contribution >= 0.6 is 31.9 Å². The van der Waals surface area contributed by atoms with Crippen molar-refractivity contribution in [2.75, 3.05) is 11.1 Å². The highest BCUT2D eigenvalue weighted by Gasteiger charge is 2.04. The van der Waals surface area contributed by atoms with Crippen molar-refractivity contribution < 1.29 is 0 Å². The maximum Gasteiger partial charge on any atom is 0.153 e. The van der Waals surface area contributed by atoms with E-state index < -0.39 is 0 Å². The van der Waals surface area contributed by atoms with Crippen molar-refractivity contribution in [1.29, 1.82) is 0 Å². The summed E-state index contributed by atoms with van der Waals surface area (Å²) in [5.74, 6) is 0.648. The fourth-order valence-electron chi connectivity index (χ4n) is 1.25. The SMILES string of the molecule is Nc1cc(Br)cnc1Nc1ccccc1Br. The van der Waals surface area contributed by atoms with E-state index >= 15 is 0 Å². The van der Waals surface area contributed by atoms with Crippen LogP contribution in [0.5, 0.6) is 0 Å². The van der Waals surface area contributed by atoms with E-state index in [1.54, 1.807) is 6.20 Å². The van der Waals surface area contributed by atoms with E-state index in [1.165, 1.54) is 0 Å². The monoisotopic (exact) mass is 341 g/mol. The molecule has 16 heavy (non-hydrogen) atoms. The summed E-state index contributed by atoms with van der Waals surface area (Å²) in [6, 6.07) is 9.62. The average Bonchev–Trinajstić information content (AvgIpc) is 2.25. The number of pyridine rings is 1. The Morgan fingerprint density at radius 1 is 1.19 bits per heavy atom. The molecule has 0 bridgehead atoms. The fraction of sp³-hybridized carbons (Fsp3) is 0. The summed E-state index contributed by atoms with van der Waals surface area (Å²) in [4.78, 5) is 4.21. The molecule has 0 unspecified atom stereocenters. The van der Waals surface area contributed by atoms with Gasteiger partial charge in [-0.15, -0.1) is 0 Å². The lowest BCUT2D eigenvalue weighted by molar-refractivity contribution is 1.29. The molecule has 0 aliphatic carbocycles. The number of para-hydroxylation sites is 1. The van der Waals surface area contributed by atoms with E-state index in [2.05, 4.69) is 42.2 Å². The van der Waals surface area contributed by atoms with E-state index in [4.69, 9.17) is 5.73 Å². The minimum absolute atomic E-state index is 0.602. The highest BCUT2D eigenvalue weighted by molar-refractivity contribution is 9.10. The van der Waals surface area contributed by atoms with E-state index in [9.17, 15) is 0 Å². The second kappa shape index (κ2) is 4.84. The Morgan fingerprint density at radius 2 is 1.94 bits per heavy atom. The molecule has 0 aliphatic rings. The fourth-order valence-corrected chi connectivity index (χ4v) is 1.98. The van der Waals surface area contributed by atoms with Crippen LogP contribution in [0.3, 0.4) is 0 Å². The zero-order chi connectivity index (χ0) is 11.5. The smallest absolute Gasteiger partial charge is 0.153 e. The number of aromatic nitrogens is 1. The van der Waals surface area contributed by atoms with Crippen LogP contribution in [0.2, 0.25) is 0 Å². The molecule has 5 heteroatoms. The molecule has 0 radical (unpaired) electrons. The van der Waals surface area contributed by atoms with E-state index in [0.29, 0.717) is 11.5 Å². The first-order valence-corrected chi connectivity index (χ1v) is 6.18. The number of nitrogen functional groups attached to an aromatic ring is 1. The van der Waals surface area contributed by atoms with Gasteiger partial charge in [0.1, 0.15) is 0 Å². The third-order valence-corrected chi connectivity index (χ3v) is 3.14. The predicted molar refractivity (Wildman–Crippen MR) is 73.8 cm³/mol. The second-order valence-electron chi connectivity index (χ2n) is 3.20. The Balaban J connectivity index is 2.31. The summed E-state index contributed by atoms with van der Waals surface area (Å²) < 4.78 is 1.83. The first-order valence-electron chi connectivity index (χ1n) is 4.59. The molecular weight excluding hydrogens is 334 g/mol. The average molecular weight is 343 g/mol. The van der Waals surface area contributed by atoms with Gasteiger partial charge in [-0.1, -0.05) is 12.1 Å². The number of nitrogens with two attached hydrogens (primary N) is 1. The lowest BCUT2D eigenvalue weighted by Gasteiger charge is -2.09. The zero-order valence-electron chi connectivity index (χ0n) is 8.24. The van der Waals surface area contributed by atoms with E-state index in [-0.39, 0.29) is 0 Å². The number of halogens is 2. The third kappa shape index (κ3) is 2.54. The van der Waals surface area contributed by atoms with Crippen LogP contribution in [-0.4, -0.2) is 4.98 Å². The Morgan fingerprint density at radius 3 is 2.62 bits per heavy atom. The first kappa shape index (κ1) is 11.4. The van der Waals surface area contributed by atoms with Gasteiger partial charge in [0.2, 0.25) is 0 Å². The molecule has 0 spiro atoms. The van der Waals surface area contributed by atoms with E-state index in [1.807, 2.05) is 30.3 Å². The number of nitrogens with one attached hydrogen (secondary N) is 1. The molecule has 0 fully saturated rings. The molecule has 0 atom stereocenters. The maximum atomic E-state index is 5.85.